The summed E-state index contributed by atoms with van der Waals surface area (Å²) in [6, 6.07) is 6.37. The van der Waals surface area contributed by atoms with Crippen LogP contribution in [0.25, 0.3) is 10.9 Å². The molecule has 0 aliphatic carbocycles. The molecule has 11 heteroatoms. The Balaban J connectivity index is 0.00000160. The summed E-state index contributed by atoms with van der Waals surface area (Å²) in [4.78, 5) is 11.5. The number of ether oxygens (including phenoxy) is 4. The summed E-state index contributed by atoms with van der Waals surface area (Å²) in [5.74, 6) is 3.07. The summed E-state index contributed by atoms with van der Waals surface area (Å²) in [7, 11) is 0. The van der Waals surface area contributed by atoms with Crippen LogP contribution in [0.3, 0.4) is 0 Å². The Morgan fingerprint density at radius 3 is 2.43 bits per heavy atom. The molecule has 37 heavy (non-hydrogen) atoms. The van der Waals surface area contributed by atoms with Gasteiger partial charge in [0, 0.05) is 31.4 Å². The van der Waals surface area contributed by atoms with Gasteiger partial charge in [-0.3, -0.25) is 9.97 Å². The minimum Gasteiger partial charge on any atom is -0.486 e. The lowest BCUT2D eigenvalue weighted by Gasteiger charge is -2.32. The van der Waals surface area contributed by atoms with Crippen molar-refractivity contribution < 1.29 is 18.9 Å². The zero-order valence-corrected chi connectivity index (χ0v) is 22.8. The number of nitrogens with one attached hydrogen (secondary N) is 1. The van der Waals surface area contributed by atoms with Gasteiger partial charge in [-0.15, -0.1) is 24.8 Å². The highest BCUT2D eigenvalue weighted by molar-refractivity contribution is 6.32. The summed E-state index contributed by atoms with van der Waals surface area (Å²) in [6.07, 6.45) is 6.55. The molecule has 2 aromatic heterocycles. The van der Waals surface area contributed by atoms with Crippen LogP contribution in [-0.4, -0.2) is 67.0 Å². The minimum absolute atomic E-state index is 0. The molecule has 3 aliphatic rings. The van der Waals surface area contributed by atoms with Crippen LogP contribution in [0.5, 0.6) is 23.0 Å². The Morgan fingerprint density at radius 1 is 0.892 bits per heavy atom. The van der Waals surface area contributed by atoms with Gasteiger partial charge in [-0.25, -0.2) is 0 Å². The van der Waals surface area contributed by atoms with E-state index in [2.05, 4.69) is 20.2 Å². The Morgan fingerprint density at radius 2 is 1.62 bits per heavy atom. The van der Waals surface area contributed by atoms with Crippen LogP contribution in [-0.2, 0) is 13.0 Å². The van der Waals surface area contributed by atoms with Crippen LogP contribution < -0.4 is 24.3 Å². The maximum absolute atomic E-state index is 6.62. The zero-order chi connectivity index (χ0) is 23.6. The highest BCUT2D eigenvalue weighted by atomic mass is 35.5. The summed E-state index contributed by atoms with van der Waals surface area (Å²) in [5, 5.41) is 5.33. The van der Waals surface area contributed by atoms with Gasteiger partial charge in [0.2, 0.25) is 0 Å². The normalized spacial score (nSPS) is 17.1. The smallest absolute Gasteiger partial charge is 0.179 e. The fourth-order valence-corrected chi connectivity index (χ4v) is 5.28. The van der Waals surface area contributed by atoms with Crippen molar-refractivity contribution in [1.29, 1.82) is 0 Å². The van der Waals surface area contributed by atoms with Crippen LogP contribution in [0.2, 0.25) is 5.02 Å². The van der Waals surface area contributed by atoms with Gasteiger partial charge in [0.05, 0.1) is 27.8 Å². The number of likely N-dealkylation sites (tertiary alicyclic amines) is 1. The summed E-state index contributed by atoms with van der Waals surface area (Å²) >= 11 is 6.62. The van der Waals surface area contributed by atoms with Crippen LogP contribution in [0.1, 0.15) is 24.1 Å². The molecular formula is C26H31Cl3N4O4. The van der Waals surface area contributed by atoms with E-state index < -0.39 is 0 Å². The number of benzene rings is 1. The van der Waals surface area contributed by atoms with Gasteiger partial charge in [-0.2, -0.15) is 0 Å². The van der Waals surface area contributed by atoms with Crippen molar-refractivity contribution in [3.8, 4) is 23.0 Å². The number of aromatic nitrogens is 2. The fraction of sp³-hybridized carbons (Fsp3) is 0.462. The summed E-state index contributed by atoms with van der Waals surface area (Å²) in [5.41, 5.74) is 2.96. The molecule has 0 spiro atoms. The molecule has 1 aromatic carbocycles. The molecule has 0 saturated carbocycles. The average molecular weight is 570 g/mol. The SMILES string of the molecule is Cl.Cl.Clc1cnc2ccc3c(c2c1CCN1CCC(NCc2cc4c(cn2)OCCO4)CC1)OCCO3. The molecule has 0 atom stereocenters. The van der Waals surface area contributed by atoms with E-state index in [1.54, 1.807) is 12.4 Å². The standard InChI is InChI=1S/C26H29ClN4O4.2ClH/c27-20-15-30-21-1-2-22-26(35-12-11-32-22)25(21)19(20)5-8-31-6-3-17(4-7-31)28-14-18-13-23-24(16-29-18)34-10-9-33-23;;/h1-2,13,15-17,28H,3-12,14H2;2*1H. The van der Waals surface area contributed by atoms with E-state index >= 15 is 0 Å². The molecule has 200 valence electrons. The maximum atomic E-state index is 6.62. The number of nitrogens with zero attached hydrogens (tertiary/aromatic N) is 3. The molecule has 0 radical (unpaired) electrons. The lowest BCUT2D eigenvalue weighted by Crippen LogP contribution is -2.43. The van der Waals surface area contributed by atoms with Gasteiger partial charge in [-0.1, -0.05) is 11.6 Å². The largest absolute Gasteiger partial charge is 0.486 e. The summed E-state index contributed by atoms with van der Waals surface area (Å²) < 4.78 is 23.0. The second-order valence-electron chi connectivity index (χ2n) is 9.13. The Kier molecular flexibility index (Phi) is 9.42. The highest BCUT2D eigenvalue weighted by Crippen LogP contribution is 2.40. The number of hydrogen-bond donors (Lipinski definition) is 1. The third-order valence-corrected chi connectivity index (χ3v) is 7.24. The van der Waals surface area contributed by atoms with Crippen molar-refractivity contribution in [2.75, 3.05) is 46.1 Å². The van der Waals surface area contributed by atoms with Crippen molar-refractivity contribution >= 4 is 47.3 Å². The van der Waals surface area contributed by atoms with Crippen LogP contribution >= 0.6 is 36.4 Å². The lowest BCUT2D eigenvalue weighted by atomic mass is 10.0. The predicted octanol–water partition coefficient (Wildman–Crippen LogP) is 4.47. The molecule has 0 unspecified atom stereocenters. The molecular weight excluding hydrogens is 539 g/mol. The number of halogens is 3. The van der Waals surface area contributed by atoms with E-state index in [0.29, 0.717) is 37.5 Å². The first-order valence-corrected chi connectivity index (χ1v) is 12.7. The van der Waals surface area contributed by atoms with Crippen LogP contribution in [0.15, 0.2) is 30.6 Å². The Hall–Kier alpha value is -2.23. The molecule has 3 aliphatic heterocycles. The van der Waals surface area contributed by atoms with Crippen LogP contribution in [0.4, 0.5) is 0 Å². The van der Waals surface area contributed by atoms with Crippen molar-refractivity contribution in [1.82, 2.24) is 20.2 Å². The van der Waals surface area contributed by atoms with E-state index in [0.717, 1.165) is 90.6 Å². The average Bonchev–Trinajstić information content (AvgIpc) is 2.91. The van der Waals surface area contributed by atoms with Crippen molar-refractivity contribution in [2.24, 2.45) is 0 Å². The molecule has 1 saturated heterocycles. The lowest BCUT2D eigenvalue weighted by molar-refractivity contribution is 0.170. The van der Waals surface area contributed by atoms with Gasteiger partial charge in [-0.05, 0) is 50.0 Å². The third-order valence-electron chi connectivity index (χ3n) is 6.92. The van der Waals surface area contributed by atoms with E-state index in [4.69, 9.17) is 30.5 Å². The van der Waals surface area contributed by atoms with E-state index in [-0.39, 0.29) is 24.8 Å². The van der Waals surface area contributed by atoms with E-state index in [9.17, 15) is 0 Å². The molecule has 1 fully saturated rings. The van der Waals surface area contributed by atoms with Crippen LogP contribution in [0, 0.1) is 0 Å². The quantitative estimate of drug-likeness (QED) is 0.466. The number of rotatable bonds is 6. The first-order valence-electron chi connectivity index (χ1n) is 12.3. The van der Waals surface area contributed by atoms with Gasteiger partial charge >= 0.3 is 0 Å². The Bertz CT molecular complexity index is 1220. The van der Waals surface area contributed by atoms with Gasteiger partial charge < -0.3 is 29.2 Å². The van der Waals surface area contributed by atoms with Crippen molar-refractivity contribution in [3.05, 3.63) is 46.9 Å². The van der Waals surface area contributed by atoms with E-state index in [1.165, 1.54) is 0 Å². The van der Waals surface area contributed by atoms with Gasteiger partial charge in [0.1, 0.15) is 26.4 Å². The monoisotopic (exact) mass is 568 g/mol. The topological polar surface area (TPSA) is 78.0 Å². The first kappa shape index (κ1) is 27.8. The molecule has 0 amide bonds. The first-order chi connectivity index (χ1) is 17.2. The number of fused-ring (bicyclic) bond motifs is 4. The third kappa shape index (κ3) is 6.10. The number of hydrogen-bond acceptors (Lipinski definition) is 8. The molecule has 6 rings (SSSR count). The van der Waals surface area contributed by atoms with E-state index in [1.807, 2.05) is 18.2 Å². The van der Waals surface area contributed by atoms with Gasteiger partial charge in [0.15, 0.2) is 23.0 Å². The molecule has 5 heterocycles. The highest BCUT2D eigenvalue weighted by Gasteiger charge is 2.23. The summed E-state index contributed by atoms with van der Waals surface area (Å²) in [6.45, 7) is 6.04. The maximum Gasteiger partial charge on any atom is 0.179 e. The zero-order valence-electron chi connectivity index (χ0n) is 20.4. The molecule has 0 bridgehead atoms. The van der Waals surface area contributed by atoms with Crippen molar-refractivity contribution in [2.45, 2.75) is 31.8 Å². The Labute approximate surface area is 233 Å². The molecule has 3 aromatic rings. The van der Waals surface area contributed by atoms with Crippen molar-refractivity contribution in [3.63, 3.8) is 0 Å². The molecule has 8 nitrogen and oxygen atoms in total. The predicted molar refractivity (Wildman–Crippen MR) is 147 cm³/mol. The number of piperidine rings is 1. The molecule has 1 N–H and O–H groups in total. The fourth-order valence-electron chi connectivity index (χ4n) is 5.04. The number of pyridine rings is 2. The minimum atomic E-state index is 0. The van der Waals surface area contributed by atoms with Gasteiger partial charge in [0.25, 0.3) is 0 Å². The second-order valence-corrected chi connectivity index (χ2v) is 9.54. The second kappa shape index (κ2) is 12.5.